The lowest BCUT2D eigenvalue weighted by Crippen LogP contribution is -2.31. The molecule has 0 spiro atoms. The Morgan fingerprint density at radius 3 is 2.83 bits per heavy atom. The Labute approximate surface area is 242 Å². The van der Waals surface area contributed by atoms with Crippen LogP contribution in [-0.2, 0) is 32.6 Å². The molecule has 5 atom stereocenters. The van der Waals surface area contributed by atoms with E-state index in [9.17, 15) is 19.4 Å². The molecule has 0 radical (unpaired) electrons. The van der Waals surface area contributed by atoms with Crippen molar-refractivity contribution in [1.82, 2.24) is 19.5 Å². The number of hydrogen-bond acceptors (Lipinski definition) is 14. The van der Waals surface area contributed by atoms with Crippen molar-refractivity contribution in [3.05, 3.63) is 23.1 Å². The van der Waals surface area contributed by atoms with E-state index in [-0.39, 0.29) is 31.2 Å². The summed E-state index contributed by atoms with van der Waals surface area (Å²) in [6, 6.07) is 0. The summed E-state index contributed by atoms with van der Waals surface area (Å²) in [5.74, 6) is 0.373. The number of aliphatic hydroxyl groups excluding tert-OH is 1. The largest absolute Gasteiger partial charge is 0.756 e. The van der Waals surface area contributed by atoms with Gasteiger partial charge in [-0.1, -0.05) is 11.5 Å². The van der Waals surface area contributed by atoms with Crippen LogP contribution in [0.1, 0.15) is 57.6 Å². The lowest BCUT2D eigenvalue weighted by molar-refractivity contribution is -0.233. The van der Waals surface area contributed by atoms with Gasteiger partial charge in [0, 0.05) is 44.4 Å². The first-order valence-corrected chi connectivity index (χ1v) is 15.2. The molecule has 0 amide bonds. The van der Waals surface area contributed by atoms with Crippen molar-refractivity contribution in [3.8, 4) is 0 Å². The molecule has 1 saturated heterocycles. The topological polar surface area (TPSA) is 242 Å². The van der Waals surface area contributed by atoms with E-state index in [1.807, 2.05) is 0 Å². The maximum absolute atomic E-state index is 12.5. The van der Waals surface area contributed by atoms with Crippen molar-refractivity contribution in [3.63, 3.8) is 0 Å². The molecule has 3 rings (SSSR count). The van der Waals surface area contributed by atoms with E-state index in [1.54, 1.807) is 4.57 Å². The first-order chi connectivity index (χ1) is 20.2. The molecule has 17 nitrogen and oxygen atoms in total. The number of imidazole rings is 1. The Balaban J connectivity index is 1.34. The number of phosphoric acid groups is 1. The van der Waals surface area contributed by atoms with Crippen molar-refractivity contribution >= 4 is 30.6 Å². The van der Waals surface area contributed by atoms with E-state index >= 15 is 0 Å². The second-order valence-electron chi connectivity index (χ2n) is 9.78. The number of ether oxygens (including phenoxy) is 3. The third-order valence-corrected chi connectivity index (χ3v) is 7.47. The van der Waals surface area contributed by atoms with Crippen LogP contribution in [0.5, 0.6) is 0 Å². The van der Waals surface area contributed by atoms with Crippen LogP contribution in [0.2, 0.25) is 0 Å². The number of nitrogen functional groups attached to an aromatic ring is 1. The van der Waals surface area contributed by atoms with Crippen LogP contribution in [0, 0.1) is 0 Å². The van der Waals surface area contributed by atoms with Gasteiger partial charge in [0.2, 0.25) is 0 Å². The molecular weight excluding hydrogens is 575 g/mol. The lowest BCUT2D eigenvalue weighted by atomic mass is 10.1. The Kier molecular flexibility index (Phi) is 14.0. The highest BCUT2D eigenvalue weighted by molar-refractivity contribution is 7.45. The van der Waals surface area contributed by atoms with Gasteiger partial charge in [-0.3, -0.25) is 13.9 Å². The summed E-state index contributed by atoms with van der Waals surface area (Å²) in [7, 11) is -3.37. The molecule has 3 heterocycles. The minimum absolute atomic E-state index is 0.0614. The third kappa shape index (κ3) is 10.8. The lowest BCUT2D eigenvalue weighted by Gasteiger charge is -2.28. The van der Waals surface area contributed by atoms with Crippen LogP contribution < -0.4 is 10.6 Å². The fourth-order valence-electron chi connectivity index (χ4n) is 4.40. The Morgan fingerprint density at radius 1 is 1.29 bits per heavy atom. The molecule has 234 valence electrons. The van der Waals surface area contributed by atoms with Gasteiger partial charge in [-0.2, -0.15) is 0 Å². The number of aromatic nitrogens is 4. The minimum atomic E-state index is -4.82. The second kappa shape index (κ2) is 17.4. The van der Waals surface area contributed by atoms with Crippen molar-refractivity contribution < 1.29 is 42.6 Å². The van der Waals surface area contributed by atoms with Gasteiger partial charge in [0.1, 0.15) is 36.1 Å². The summed E-state index contributed by atoms with van der Waals surface area (Å²) >= 11 is 0. The highest BCUT2D eigenvalue weighted by Crippen LogP contribution is 2.45. The predicted molar refractivity (Wildman–Crippen MR) is 147 cm³/mol. The van der Waals surface area contributed by atoms with Gasteiger partial charge >= 0.3 is 0 Å². The van der Waals surface area contributed by atoms with E-state index in [2.05, 4.69) is 25.0 Å². The summed E-state index contributed by atoms with van der Waals surface area (Å²) < 4.78 is 40.9. The van der Waals surface area contributed by atoms with Crippen molar-refractivity contribution in [2.24, 2.45) is 5.11 Å². The van der Waals surface area contributed by atoms with Gasteiger partial charge in [-0.05, 0) is 31.2 Å². The molecule has 1 aliphatic rings. The fraction of sp³-hybridized carbons (Fsp3) is 0.750. The average molecular weight is 614 g/mol. The number of ketones is 1. The van der Waals surface area contributed by atoms with Crippen LogP contribution in [0.4, 0.5) is 5.82 Å². The van der Waals surface area contributed by atoms with Gasteiger partial charge < -0.3 is 39.0 Å². The van der Waals surface area contributed by atoms with E-state index in [1.165, 1.54) is 19.8 Å². The van der Waals surface area contributed by atoms with Gasteiger partial charge in [0.25, 0.3) is 7.82 Å². The standard InChI is InChI=1S/C24H39N8O9P/c1-37-14-20-19(11-21(40-20)32-16-29-22-23(25)27-15-28-24(22)32)41-42(35,36)39-13-18(34)12-38-10-6-4-8-17(33)7-3-2-5-9-30-31-26/h15-16,18-21,34H,2-14H2,1H3,(H,35,36)(H2,25,27,28)/p-1/t18?,19-,20-,21-/m1/s1. The van der Waals surface area contributed by atoms with Gasteiger partial charge in [-0.15, -0.1) is 0 Å². The maximum atomic E-state index is 12.5. The number of methoxy groups -OCH3 is 1. The number of carbonyl (C=O) groups excluding carboxylic acids is 1. The third-order valence-electron chi connectivity index (χ3n) is 6.48. The molecule has 0 saturated carbocycles. The number of unbranched alkanes of at least 4 members (excludes halogenated alkanes) is 3. The van der Waals surface area contributed by atoms with E-state index < -0.39 is 39.0 Å². The Morgan fingerprint density at radius 2 is 2.07 bits per heavy atom. The first-order valence-electron chi connectivity index (χ1n) is 13.7. The minimum Gasteiger partial charge on any atom is -0.756 e. The van der Waals surface area contributed by atoms with Gasteiger partial charge in [0.15, 0.2) is 11.5 Å². The molecule has 2 aromatic heterocycles. The smallest absolute Gasteiger partial charge is 0.268 e. The van der Waals surface area contributed by atoms with Crippen LogP contribution in [0.3, 0.4) is 0 Å². The number of rotatable bonds is 21. The zero-order valence-electron chi connectivity index (χ0n) is 23.5. The SMILES string of the molecule is COC[C@H]1O[C@@H](n2cnc3c(N)ncnc32)C[C@H]1OP(=O)([O-])OCC(O)COCCCCC(=O)CCCCCN=[N+]=[N-]. The number of fused-ring (bicyclic) bond motifs is 1. The summed E-state index contributed by atoms with van der Waals surface area (Å²) in [4.78, 5) is 39.4. The first kappa shape index (κ1) is 33.8. The Bertz CT molecular complexity index is 1230. The monoisotopic (exact) mass is 613 g/mol. The van der Waals surface area contributed by atoms with Crippen LogP contribution in [0.15, 0.2) is 17.8 Å². The van der Waals surface area contributed by atoms with Gasteiger partial charge in [-0.25, -0.2) is 15.0 Å². The molecule has 0 aliphatic carbocycles. The number of azide groups is 1. The van der Waals surface area contributed by atoms with Crippen LogP contribution in [0.25, 0.3) is 21.6 Å². The zero-order chi connectivity index (χ0) is 30.4. The quantitative estimate of drug-likeness (QED) is 0.0675. The summed E-state index contributed by atoms with van der Waals surface area (Å²) in [5, 5.41) is 13.6. The number of hydrogen-bond donors (Lipinski definition) is 2. The number of anilines is 1. The molecule has 18 heteroatoms. The molecule has 0 aromatic carbocycles. The number of nitrogens with zero attached hydrogens (tertiary/aromatic N) is 7. The molecule has 0 bridgehead atoms. The predicted octanol–water partition coefficient (Wildman–Crippen LogP) is 2.20. The van der Waals surface area contributed by atoms with Crippen LogP contribution in [-0.4, -0.2) is 88.8 Å². The number of aliphatic hydroxyl groups is 1. The van der Waals surface area contributed by atoms with E-state index in [4.69, 9.17) is 34.5 Å². The Hall–Kier alpha value is -2.72. The second-order valence-corrected chi connectivity index (χ2v) is 11.1. The molecule has 2 unspecified atom stereocenters. The molecule has 3 N–H and O–H groups in total. The maximum Gasteiger partial charge on any atom is 0.268 e. The van der Waals surface area contributed by atoms with E-state index in [0.717, 1.165) is 19.3 Å². The van der Waals surface area contributed by atoms with Crippen molar-refractivity contribution in [2.45, 2.75) is 75.9 Å². The average Bonchev–Trinajstić information content (AvgIpc) is 3.56. The molecule has 42 heavy (non-hydrogen) atoms. The summed E-state index contributed by atoms with van der Waals surface area (Å²) in [5.41, 5.74) is 14.9. The molecule has 2 aromatic rings. The number of carbonyl (C=O) groups is 1. The number of phosphoric ester groups is 1. The fourth-order valence-corrected chi connectivity index (χ4v) is 5.36. The van der Waals surface area contributed by atoms with Crippen molar-refractivity contribution in [2.75, 3.05) is 45.8 Å². The highest BCUT2D eigenvalue weighted by Gasteiger charge is 2.40. The zero-order valence-corrected chi connectivity index (χ0v) is 24.4. The number of Topliss-reactive ketones (excluding diaryl/α,β-unsaturated/α-hetero) is 1. The highest BCUT2D eigenvalue weighted by atomic mass is 31.2. The normalized spacial score (nSPS) is 20.8. The summed E-state index contributed by atoms with van der Waals surface area (Å²) in [6.07, 6.45) is 3.97. The number of nitrogens with two attached hydrogens (primary N) is 1. The molecular formula is C24H38N8O9P-. The van der Waals surface area contributed by atoms with Gasteiger partial charge in [0.05, 0.1) is 32.3 Å². The van der Waals surface area contributed by atoms with Crippen LogP contribution >= 0.6 is 7.82 Å². The molecule has 1 aliphatic heterocycles. The summed E-state index contributed by atoms with van der Waals surface area (Å²) in [6.45, 7) is 0.125. The van der Waals surface area contributed by atoms with Crippen molar-refractivity contribution in [1.29, 1.82) is 0 Å². The van der Waals surface area contributed by atoms with E-state index in [0.29, 0.717) is 50.0 Å². The molecule has 1 fully saturated rings.